The van der Waals surface area contributed by atoms with E-state index in [4.69, 9.17) is 0 Å². The first kappa shape index (κ1) is 17.5. The second-order valence-corrected chi connectivity index (χ2v) is 7.81. The van der Waals surface area contributed by atoms with Crippen molar-refractivity contribution in [2.45, 2.75) is 26.4 Å². The van der Waals surface area contributed by atoms with Crippen LogP contribution >= 0.6 is 7.92 Å². The van der Waals surface area contributed by atoms with Gasteiger partial charge >= 0.3 is 0 Å². The molecule has 0 bridgehead atoms. The lowest BCUT2D eigenvalue weighted by atomic mass is 10.1. The van der Waals surface area contributed by atoms with Gasteiger partial charge in [-0.15, -0.1) is 5.73 Å². The molecular formula is C19H21BP. The normalized spacial score (nSPS) is 11.2. The number of benzene rings is 2. The molecule has 3 radical (unpaired) electrons. The standard InChI is InChI=1S/C19H21P.B/c1-16(2)20(19-9-5-4-6-10-19)15-7-8-18-13-11-17(3)12-14-18;/h4-6,8-16H,1-3H3;. The molecule has 2 aromatic carbocycles. The molecule has 0 amide bonds. The van der Waals surface area contributed by atoms with Gasteiger partial charge in [0.25, 0.3) is 0 Å². The van der Waals surface area contributed by atoms with Crippen LogP contribution in [0, 0.1) is 6.92 Å². The first-order valence-corrected chi connectivity index (χ1v) is 8.47. The van der Waals surface area contributed by atoms with Crippen LogP contribution in [0.2, 0.25) is 0 Å². The van der Waals surface area contributed by atoms with E-state index in [1.807, 2.05) is 0 Å². The highest BCUT2D eigenvalue weighted by Crippen LogP contribution is 2.40. The molecule has 0 N–H and O–H groups in total. The second kappa shape index (κ2) is 8.68. The van der Waals surface area contributed by atoms with Crippen molar-refractivity contribution in [3.8, 4) is 0 Å². The van der Waals surface area contributed by atoms with E-state index in [1.165, 1.54) is 16.4 Å². The Bertz CT molecular complexity index is 593. The van der Waals surface area contributed by atoms with E-state index < -0.39 is 0 Å². The molecule has 0 fully saturated rings. The van der Waals surface area contributed by atoms with E-state index in [0.717, 1.165) is 0 Å². The summed E-state index contributed by atoms with van der Waals surface area (Å²) in [4.78, 5) is 0. The van der Waals surface area contributed by atoms with Crippen LogP contribution in [0.5, 0.6) is 0 Å². The van der Waals surface area contributed by atoms with E-state index in [9.17, 15) is 0 Å². The summed E-state index contributed by atoms with van der Waals surface area (Å²) < 4.78 is 0. The van der Waals surface area contributed by atoms with Crippen LogP contribution in [-0.4, -0.2) is 14.1 Å². The molecule has 0 aromatic heterocycles. The topological polar surface area (TPSA) is 0 Å². The Hall–Kier alpha value is -1.55. The molecule has 2 heteroatoms. The predicted molar refractivity (Wildman–Crippen MR) is 97.6 cm³/mol. The summed E-state index contributed by atoms with van der Waals surface area (Å²) in [7, 11) is -0.285. The lowest BCUT2D eigenvalue weighted by Crippen LogP contribution is -2.05. The van der Waals surface area contributed by atoms with Crippen molar-refractivity contribution in [2.24, 2.45) is 0 Å². The molecule has 0 aliphatic heterocycles. The Morgan fingerprint density at radius 1 is 0.952 bits per heavy atom. The maximum atomic E-state index is 3.38. The van der Waals surface area contributed by atoms with Gasteiger partial charge in [-0.1, -0.05) is 74.0 Å². The predicted octanol–water partition coefficient (Wildman–Crippen LogP) is 4.96. The summed E-state index contributed by atoms with van der Waals surface area (Å²) in [5, 5.41) is 1.42. The summed E-state index contributed by atoms with van der Waals surface area (Å²) in [6.07, 6.45) is 2.07. The zero-order valence-electron chi connectivity index (χ0n) is 13.0. The largest absolute Gasteiger partial charge is 0.119 e. The Morgan fingerprint density at radius 3 is 2.14 bits per heavy atom. The van der Waals surface area contributed by atoms with Crippen molar-refractivity contribution in [2.75, 3.05) is 0 Å². The fraction of sp³-hybridized carbons (Fsp3) is 0.211. The van der Waals surface area contributed by atoms with Crippen LogP contribution in [0.25, 0.3) is 6.08 Å². The Labute approximate surface area is 131 Å². The summed E-state index contributed by atoms with van der Waals surface area (Å²) in [5.74, 6) is 2.25. The van der Waals surface area contributed by atoms with E-state index in [0.29, 0.717) is 5.66 Å². The Balaban J connectivity index is 0.00000220. The first-order valence-electron chi connectivity index (χ1n) is 6.99. The number of hydrogen-bond acceptors (Lipinski definition) is 0. The highest BCUT2D eigenvalue weighted by molar-refractivity contribution is 7.69. The average Bonchev–Trinajstić information content (AvgIpc) is 2.46. The zero-order chi connectivity index (χ0) is 14.4. The molecule has 1 atom stereocenters. The van der Waals surface area contributed by atoms with Crippen LogP contribution in [0.15, 0.2) is 66.1 Å². The highest BCUT2D eigenvalue weighted by atomic mass is 31.1. The molecule has 0 nitrogen and oxygen atoms in total. The summed E-state index contributed by atoms with van der Waals surface area (Å²) in [6.45, 7) is 6.67. The first-order chi connectivity index (χ1) is 9.66. The minimum Gasteiger partial charge on any atom is -0.119 e. The molecule has 0 aliphatic rings. The van der Waals surface area contributed by atoms with E-state index in [-0.39, 0.29) is 16.3 Å². The smallest absolute Gasteiger partial charge is 0 e. The lowest BCUT2D eigenvalue weighted by Gasteiger charge is -2.16. The molecule has 2 aromatic rings. The SMILES string of the molecule is Cc1ccc(C=C=CP(c2ccccc2)C(C)C)cc1.[B]. The van der Waals surface area contributed by atoms with Gasteiger partial charge in [0.2, 0.25) is 0 Å². The van der Waals surface area contributed by atoms with Gasteiger partial charge in [0.15, 0.2) is 0 Å². The van der Waals surface area contributed by atoms with Crippen molar-refractivity contribution < 1.29 is 0 Å². The Kier molecular flexibility index (Phi) is 7.23. The molecule has 105 valence electrons. The maximum Gasteiger partial charge on any atom is 0 e. The third-order valence-corrected chi connectivity index (χ3v) is 5.59. The van der Waals surface area contributed by atoms with E-state index >= 15 is 0 Å². The van der Waals surface area contributed by atoms with Crippen LogP contribution in [-0.2, 0) is 0 Å². The molecule has 2 rings (SSSR count). The minimum atomic E-state index is -0.285. The Morgan fingerprint density at radius 2 is 1.57 bits per heavy atom. The summed E-state index contributed by atoms with van der Waals surface area (Å²) >= 11 is 0. The maximum absolute atomic E-state index is 3.38. The third kappa shape index (κ3) is 5.39. The number of hydrogen-bond donors (Lipinski definition) is 0. The van der Waals surface area contributed by atoms with Gasteiger partial charge in [-0.05, 0) is 43.3 Å². The fourth-order valence-corrected chi connectivity index (χ4v) is 3.79. The molecule has 0 spiro atoms. The quantitative estimate of drug-likeness (QED) is 0.424. The van der Waals surface area contributed by atoms with Gasteiger partial charge in [-0.25, -0.2) is 0 Å². The van der Waals surface area contributed by atoms with Crippen molar-refractivity contribution in [3.05, 3.63) is 77.3 Å². The molecule has 0 aliphatic carbocycles. The molecule has 0 saturated heterocycles. The summed E-state index contributed by atoms with van der Waals surface area (Å²) in [5.41, 5.74) is 6.51. The zero-order valence-corrected chi connectivity index (χ0v) is 13.8. The average molecular weight is 291 g/mol. The highest BCUT2D eigenvalue weighted by Gasteiger charge is 2.10. The van der Waals surface area contributed by atoms with Gasteiger partial charge in [0.05, 0.1) is 0 Å². The summed E-state index contributed by atoms with van der Waals surface area (Å²) in [6, 6.07) is 19.3. The molecular weight excluding hydrogens is 270 g/mol. The van der Waals surface area contributed by atoms with Crippen molar-refractivity contribution in [1.82, 2.24) is 0 Å². The minimum absolute atomic E-state index is 0. The van der Waals surface area contributed by atoms with Gasteiger partial charge in [0.1, 0.15) is 0 Å². The molecule has 1 unspecified atom stereocenters. The van der Waals surface area contributed by atoms with E-state index in [2.05, 4.69) is 93.0 Å². The second-order valence-electron chi connectivity index (χ2n) is 5.19. The molecule has 0 heterocycles. The van der Waals surface area contributed by atoms with Gasteiger partial charge in [-0.3, -0.25) is 0 Å². The third-order valence-electron chi connectivity index (χ3n) is 3.15. The van der Waals surface area contributed by atoms with Crippen molar-refractivity contribution >= 4 is 27.7 Å². The van der Waals surface area contributed by atoms with E-state index in [1.54, 1.807) is 0 Å². The van der Waals surface area contributed by atoms with Crippen LogP contribution in [0.1, 0.15) is 25.0 Å². The van der Waals surface area contributed by atoms with Crippen molar-refractivity contribution in [3.63, 3.8) is 0 Å². The molecule has 0 saturated carbocycles. The fourth-order valence-electron chi connectivity index (χ4n) is 2.00. The van der Waals surface area contributed by atoms with Crippen LogP contribution < -0.4 is 5.30 Å². The van der Waals surface area contributed by atoms with Gasteiger partial charge in [-0.2, -0.15) is 0 Å². The van der Waals surface area contributed by atoms with Gasteiger partial charge < -0.3 is 0 Å². The lowest BCUT2D eigenvalue weighted by molar-refractivity contribution is 1.10. The van der Waals surface area contributed by atoms with Crippen molar-refractivity contribution in [1.29, 1.82) is 0 Å². The number of aryl methyl sites for hydroxylation is 1. The molecule has 21 heavy (non-hydrogen) atoms. The number of rotatable bonds is 4. The van der Waals surface area contributed by atoms with Gasteiger partial charge in [0, 0.05) is 8.41 Å². The van der Waals surface area contributed by atoms with Crippen LogP contribution in [0.3, 0.4) is 0 Å². The van der Waals surface area contributed by atoms with Crippen LogP contribution in [0.4, 0.5) is 0 Å². The monoisotopic (exact) mass is 291 g/mol.